The summed E-state index contributed by atoms with van der Waals surface area (Å²) in [5.74, 6) is -0.00680. The first-order valence-corrected chi connectivity index (χ1v) is 9.32. The number of esters is 1. The van der Waals surface area contributed by atoms with E-state index in [1.54, 1.807) is 6.07 Å². The molecule has 1 aliphatic carbocycles. The molecule has 1 saturated carbocycles. The summed E-state index contributed by atoms with van der Waals surface area (Å²) in [5, 5.41) is 8.75. The lowest BCUT2D eigenvalue weighted by molar-refractivity contribution is -0.140. The maximum atomic E-state index is 13.6. The van der Waals surface area contributed by atoms with E-state index < -0.39 is 5.82 Å². The van der Waals surface area contributed by atoms with Gasteiger partial charge in [0.25, 0.3) is 0 Å². The molecule has 0 atom stereocenters. The largest absolute Gasteiger partial charge is 0.426 e. The molecule has 5 nitrogen and oxygen atoms in total. The van der Waals surface area contributed by atoms with Crippen molar-refractivity contribution in [1.82, 2.24) is 9.97 Å². The van der Waals surface area contributed by atoms with Crippen molar-refractivity contribution in [3.63, 3.8) is 0 Å². The third kappa shape index (κ3) is 4.68. The van der Waals surface area contributed by atoms with E-state index in [0.29, 0.717) is 12.8 Å². The van der Waals surface area contributed by atoms with E-state index in [-0.39, 0.29) is 29.1 Å². The summed E-state index contributed by atoms with van der Waals surface area (Å²) in [5.41, 5.74) is 1.08. The minimum absolute atomic E-state index is 0.0692. The molecule has 140 valence electrons. The third-order valence-electron chi connectivity index (χ3n) is 4.97. The van der Waals surface area contributed by atoms with Crippen molar-refractivity contribution in [2.24, 2.45) is 5.92 Å². The lowest BCUT2D eigenvalue weighted by Gasteiger charge is -2.26. The molecule has 1 aliphatic rings. The van der Waals surface area contributed by atoms with Gasteiger partial charge in [0.15, 0.2) is 0 Å². The zero-order chi connectivity index (χ0) is 19.2. The third-order valence-corrected chi connectivity index (χ3v) is 4.97. The standard InChI is InChI=1S/C21H22FN3O2/c1-2-3-14-12-24-20(25-13-14)15-4-6-16(7-5-15)21(26)27-18-9-8-17(11-23)19(22)10-18/h8-10,12-13,15-16H,2-7H2,1H3. The number of nitriles is 1. The Bertz CT molecular complexity index is 837. The van der Waals surface area contributed by atoms with Crippen LogP contribution in [0.1, 0.15) is 61.9 Å². The average molecular weight is 367 g/mol. The van der Waals surface area contributed by atoms with Gasteiger partial charge < -0.3 is 4.74 Å². The Kier molecular flexibility index (Phi) is 6.12. The normalized spacial score (nSPS) is 19.3. The van der Waals surface area contributed by atoms with Crippen molar-refractivity contribution in [1.29, 1.82) is 5.26 Å². The van der Waals surface area contributed by atoms with Crippen LogP contribution >= 0.6 is 0 Å². The highest BCUT2D eigenvalue weighted by Gasteiger charge is 2.29. The van der Waals surface area contributed by atoms with Gasteiger partial charge in [-0.05, 0) is 49.8 Å². The van der Waals surface area contributed by atoms with Gasteiger partial charge in [-0.1, -0.05) is 13.3 Å². The van der Waals surface area contributed by atoms with Gasteiger partial charge in [-0.25, -0.2) is 14.4 Å². The van der Waals surface area contributed by atoms with Crippen LogP contribution in [-0.4, -0.2) is 15.9 Å². The van der Waals surface area contributed by atoms with Crippen LogP contribution in [0.5, 0.6) is 5.75 Å². The van der Waals surface area contributed by atoms with Crippen molar-refractivity contribution in [2.45, 2.75) is 51.4 Å². The molecule has 1 heterocycles. The molecule has 1 aromatic heterocycles. The van der Waals surface area contributed by atoms with Crippen LogP contribution in [0.3, 0.4) is 0 Å². The lowest BCUT2D eigenvalue weighted by Crippen LogP contribution is -2.25. The summed E-state index contributed by atoms with van der Waals surface area (Å²) in [6, 6.07) is 5.57. The smallest absolute Gasteiger partial charge is 0.314 e. The number of benzene rings is 1. The van der Waals surface area contributed by atoms with Gasteiger partial charge in [0.05, 0.1) is 11.5 Å². The average Bonchev–Trinajstić information content (AvgIpc) is 2.69. The topological polar surface area (TPSA) is 75.9 Å². The molecule has 1 fully saturated rings. The Morgan fingerprint density at radius 2 is 1.96 bits per heavy atom. The number of rotatable bonds is 5. The molecule has 0 amide bonds. The molecule has 0 radical (unpaired) electrons. The zero-order valence-corrected chi connectivity index (χ0v) is 15.3. The molecule has 2 aromatic rings. The molecule has 0 saturated heterocycles. The second-order valence-electron chi connectivity index (χ2n) is 6.92. The molecule has 3 rings (SSSR count). The van der Waals surface area contributed by atoms with Gasteiger partial charge >= 0.3 is 5.97 Å². The fraction of sp³-hybridized carbons (Fsp3) is 0.429. The SMILES string of the molecule is CCCc1cnc(C2CCC(C(=O)Oc3ccc(C#N)c(F)c3)CC2)nc1. The number of carbonyl (C=O) groups is 1. The molecular formula is C21H22FN3O2. The van der Waals surface area contributed by atoms with E-state index in [2.05, 4.69) is 16.9 Å². The van der Waals surface area contributed by atoms with Crippen LogP contribution in [-0.2, 0) is 11.2 Å². The highest BCUT2D eigenvalue weighted by molar-refractivity contribution is 5.75. The number of carbonyl (C=O) groups excluding carboxylic acids is 1. The number of hydrogen-bond donors (Lipinski definition) is 0. The maximum absolute atomic E-state index is 13.6. The van der Waals surface area contributed by atoms with Gasteiger partial charge in [-0.3, -0.25) is 4.79 Å². The molecule has 27 heavy (non-hydrogen) atoms. The number of nitrogens with zero attached hydrogens (tertiary/aromatic N) is 3. The zero-order valence-electron chi connectivity index (χ0n) is 15.3. The summed E-state index contributed by atoms with van der Waals surface area (Å²) in [6.07, 6.45) is 8.89. The molecule has 0 N–H and O–H groups in total. The molecule has 1 aromatic carbocycles. The second kappa shape index (κ2) is 8.72. The number of ether oxygens (including phenoxy) is 1. The van der Waals surface area contributed by atoms with Crippen molar-refractivity contribution < 1.29 is 13.9 Å². The Labute approximate surface area is 158 Å². The van der Waals surface area contributed by atoms with Crippen molar-refractivity contribution in [2.75, 3.05) is 0 Å². The van der Waals surface area contributed by atoms with Crippen LogP contribution in [0.15, 0.2) is 30.6 Å². The predicted molar refractivity (Wildman–Crippen MR) is 97.5 cm³/mol. The highest BCUT2D eigenvalue weighted by atomic mass is 19.1. The Morgan fingerprint density at radius 1 is 1.26 bits per heavy atom. The van der Waals surface area contributed by atoms with Gasteiger partial charge in [-0.2, -0.15) is 5.26 Å². The van der Waals surface area contributed by atoms with E-state index in [1.165, 1.54) is 12.1 Å². The monoisotopic (exact) mass is 367 g/mol. The minimum atomic E-state index is -0.685. The number of aromatic nitrogens is 2. The van der Waals surface area contributed by atoms with Gasteiger partial charge in [0, 0.05) is 24.4 Å². The summed E-state index contributed by atoms with van der Waals surface area (Å²) >= 11 is 0. The van der Waals surface area contributed by atoms with Crippen molar-refractivity contribution >= 4 is 5.97 Å². The summed E-state index contributed by atoms with van der Waals surface area (Å²) in [4.78, 5) is 21.3. The van der Waals surface area contributed by atoms with Crippen LogP contribution in [0.2, 0.25) is 0 Å². The van der Waals surface area contributed by atoms with Gasteiger partial charge in [-0.15, -0.1) is 0 Å². The Balaban J connectivity index is 1.54. The molecule has 0 unspecified atom stereocenters. The molecule has 0 spiro atoms. The Hall–Kier alpha value is -2.81. The van der Waals surface area contributed by atoms with Crippen molar-refractivity contribution in [3.05, 3.63) is 53.4 Å². The van der Waals surface area contributed by atoms with Crippen molar-refractivity contribution in [3.8, 4) is 11.8 Å². The fourth-order valence-corrected chi connectivity index (χ4v) is 3.43. The van der Waals surface area contributed by atoms with Crippen LogP contribution in [0, 0.1) is 23.1 Å². The highest BCUT2D eigenvalue weighted by Crippen LogP contribution is 2.35. The quantitative estimate of drug-likeness (QED) is 0.581. The Morgan fingerprint density at radius 3 is 2.56 bits per heavy atom. The van der Waals surface area contributed by atoms with Gasteiger partial charge in [0.1, 0.15) is 23.5 Å². The van der Waals surface area contributed by atoms with Crippen LogP contribution < -0.4 is 4.74 Å². The van der Waals surface area contributed by atoms with E-state index in [9.17, 15) is 9.18 Å². The first-order chi connectivity index (χ1) is 13.1. The number of halogens is 1. The van der Waals surface area contributed by atoms with Crippen LogP contribution in [0.25, 0.3) is 0 Å². The molecule has 0 aliphatic heterocycles. The predicted octanol–water partition coefficient (Wildman–Crippen LogP) is 4.32. The molecule has 6 heteroatoms. The van der Waals surface area contributed by atoms with E-state index in [0.717, 1.165) is 43.1 Å². The summed E-state index contributed by atoms with van der Waals surface area (Å²) < 4.78 is 18.9. The summed E-state index contributed by atoms with van der Waals surface area (Å²) in [6.45, 7) is 2.13. The lowest BCUT2D eigenvalue weighted by atomic mass is 9.81. The number of hydrogen-bond acceptors (Lipinski definition) is 5. The fourth-order valence-electron chi connectivity index (χ4n) is 3.43. The maximum Gasteiger partial charge on any atom is 0.314 e. The number of aryl methyl sites for hydroxylation is 1. The van der Waals surface area contributed by atoms with E-state index >= 15 is 0 Å². The minimum Gasteiger partial charge on any atom is -0.426 e. The van der Waals surface area contributed by atoms with E-state index in [1.807, 2.05) is 12.4 Å². The van der Waals surface area contributed by atoms with E-state index in [4.69, 9.17) is 10.00 Å². The first kappa shape index (κ1) is 19.0. The van der Waals surface area contributed by atoms with Gasteiger partial charge in [0.2, 0.25) is 0 Å². The molecular weight excluding hydrogens is 345 g/mol. The first-order valence-electron chi connectivity index (χ1n) is 9.32. The second-order valence-corrected chi connectivity index (χ2v) is 6.92. The van der Waals surface area contributed by atoms with Crippen LogP contribution in [0.4, 0.5) is 4.39 Å². The molecule has 0 bridgehead atoms. The summed E-state index contributed by atoms with van der Waals surface area (Å²) in [7, 11) is 0.